The second kappa shape index (κ2) is 7.81. The Balaban J connectivity index is 2.18. The zero-order chi connectivity index (χ0) is 21.5. The van der Waals surface area contributed by atoms with Crippen LogP contribution in [0.5, 0.6) is 5.75 Å². The second-order valence-electron chi connectivity index (χ2n) is 7.33. The van der Waals surface area contributed by atoms with E-state index in [2.05, 4.69) is 5.32 Å². The molecule has 1 aliphatic rings. The number of methoxy groups -OCH3 is 2. The number of nitrogens with one attached hydrogen (secondary N) is 1. The minimum Gasteiger partial charge on any atom is -0.491 e. The van der Waals surface area contributed by atoms with Crippen LogP contribution in [0.3, 0.4) is 0 Å². The number of pyridine rings is 1. The molecule has 1 aromatic heterocycles. The van der Waals surface area contributed by atoms with Crippen molar-refractivity contribution in [3.63, 3.8) is 0 Å². The molecular weight excluding hydrogens is 386 g/mol. The molecule has 1 saturated carbocycles. The predicted molar refractivity (Wildman–Crippen MR) is 101 cm³/mol. The van der Waals surface area contributed by atoms with Crippen LogP contribution in [0.4, 0.5) is 8.78 Å². The standard InChI is InChI=1S/C20H22F2N2O5/c1-9(2)15(20(27)29-4)23-19(26)12-8-24(10-5-6-10)16-11(17(12)25)7-13(21)14(22)18(16)28-3/h7-10,15H,5-6H2,1-4H3,(H,23,26)/t15-/m0/s1. The number of halogens is 2. The van der Waals surface area contributed by atoms with E-state index < -0.39 is 35.0 Å². The number of hydrogen-bond acceptors (Lipinski definition) is 5. The van der Waals surface area contributed by atoms with Gasteiger partial charge in [-0.25, -0.2) is 9.18 Å². The Labute approximate surface area is 165 Å². The Hall–Kier alpha value is -2.97. The van der Waals surface area contributed by atoms with E-state index in [9.17, 15) is 23.2 Å². The number of nitrogens with zero attached hydrogens (tertiary/aromatic N) is 1. The van der Waals surface area contributed by atoms with Crippen molar-refractivity contribution in [2.24, 2.45) is 5.92 Å². The molecular formula is C20H22F2N2O5. The predicted octanol–water partition coefficient (Wildman–Crippen LogP) is 2.55. The number of fused-ring (bicyclic) bond motifs is 1. The maximum Gasteiger partial charge on any atom is 0.328 e. The van der Waals surface area contributed by atoms with Gasteiger partial charge in [0.1, 0.15) is 11.6 Å². The first kappa shape index (κ1) is 20.8. The van der Waals surface area contributed by atoms with Crippen molar-refractivity contribution in [2.45, 2.75) is 38.8 Å². The summed E-state index contributed by atoms with van der Waals surface area (Å²) in [5, 5.41) is 2.34. The van der Waals surface area contributed by atoms with Crippen molar-refractivity contribution >= 4 is 22.8 Å². The van der Waals surface area contributed by atoms with Crippen LogP contribution in [0.15, 0.2) is 17.1 Å². The first-order valence-corrected chi connectivity index (χ1v) is 9.20. The number of benzene rings is 1. The molecule has 9 heteroatoms. The first-order valence-electron chi connectivity index (χ1n) is 9.20. The fourth-order valence-electron chi connectivity index (χ4n) is 3.26. The lowest BCUT2D eigenvalue weighted by molar-refractivity contribution is -0.144. The van der Waals surface area contributed by atoms with Crippen LogP contribution >= 0.6 is 0 Å². The van der Waals surface area contributed by atoms with Gasteiger partial charge in [0.25, 0.3) is 5.91 Å². The summed E-state index contributed by atoms with van der Waals surface area (Å²) >= 11 is 0. The Morgan fingerprint density at radius 3 is 2.41 bits per heavy atom. The van der Waals surface area contributed by atoms with Crippen LogP contribution in [0.25, 0.3) is 10.9 Å². The maximum atomic E-state index is 14.2. The van der Waals surface area contributed by atoms with Gasteiger partial charge in [-0.1, -0.05) is 13.8 Å². The highest BCUT2D eigenvalue weighted by Gasteiger charge is 2.32. The van der Waals surface area contributed by atoms with Crippen molar-refractivity contribution in [3.05, 3.63) is 39.7 Å². The van der Waals surface area contributed by atoms with E-state index >= 15 is 0 Å². The Bertz CT molecular complexity index is 1040. The minimum absolute atomic E-state index is 0.0649. The monoisotopic (exact) mass is 408 g/mol. The smallest absolute Gasteiger partial charge is 0.328 e. The number of hydrogen-bond donors (Lipinski definition) is 1. The molecule has 1 heterocycles. The molecule has 1 atom stereocenters. The van der Waals surface area contributed by atoms with Crippen LogP contribution in [0, 0.1) is 17.6 Å². The average molecular weight is 408 g/mol. The third-order valence-electron chi connectivity index (χ3n) is 4.96. The summed E-state index contributed by atoms with van der Waals surface area (Å²) in [7, 11) is 2.38. The molecule has 0 spiro atoms. The van der Waals surface area contributed by atoms with Crippen molar-refractivity contribution in [2.75, 3.05) is 14.2 Å². The number of esters is 1. The lowest BCUT2D eigenvalue weighted by Gasteiger charge is -2.21. The van der Waals surface area contributed by atoms with Crippen LogP contribution in [0.2, 0.25) is 0 Å². The average Bonchev–Trinajstić information content (AvgIpc) is 3.52. The zero-order valence-electron chi connectivity index (χ0n) is 16.5. The highest BCUT2D eigenvalue weighted by molar-refractivity contribution is 6.00. The lowest BCUT2D eigenvalue weighted by Crippen LogP contribution is -2.46. The lowest BCUT2D eigenvalue weighted by atomic mass is 10.0. The summed E-state index contributed by atoms with van der Waals surface area (Å²) in [6, 6.07) is -0.257. The third-order valence-corrected chi connectivity index (χ3v) is 4.96. The Morgan fingerprint density at radius 2 is 1.90 bits per heavy atom. The van der Waals surface area contributed by atoms with E-state index in [-0.39, 0.29) is 34.2 Å². The molecule has 0 unspecified atom stereocenters. The summed E-state index contributed by atoms with van der Waals surface area (Å²) in [5.74, 6) is -4.56. The van der Waals surface area contributed by atoms with Gasteiger partial charge in [0.05, 0.1) is 25.1 Å². The van der Waals surface area contributed by atoms with Gasteiger partial charge in [0.2, 0.25) is 11.2 Å². The number of carbonyl (C=O) groups excluding carboxylic acids is 2. The summed E-state index contributed by atoms with van der Waals surface area (Å²) < 4.78 is 39.6. The van der Waals surface area contributed by atoms with Gasteiger partial charge < -0.3 is 19.4 Å². The summed E-state index contributed by atoms with van der Waals surface area (Å²) in [4.78, 5) is 37.7. The highest BCUT2D eigenvalue weighted by atomic mass is 19.2. The molecule has 7 nitrogen and oxygen atoms in total. The fourth-order valence-corrected chi connectivity index (χ4v) is 3.26. The van der Waals surface area contributed by atoms with E-state index in [0.717, 1.165) is 18.9 Å². The van der Waals surface area contributed by atoms with Gasteiger partial charge in [0, 0.05) is 12.2 Å². The van der Waals surface area contributed by atoms with Crippen molar-refractivity contribution in [3.8, 4) is 5.75 Å². The molecule has 1 aliphatic carbocycles. The van der Waals surface area contributed by atoms with E-state index in [0.29, 0.717) is 0 Å². The molecule has 2 aromatic rings. The molecule has 1 aromatic carbocycles. The van der Waals surface area contributed by atoms with Crippen molar-refractivity contribution < 1.29 is 27.8 Å². The fraction of sp³-hybridized carbons (Fsp3) is 0.450. The summed E-state index contributed by atoms with van der Waals surface area (Å²) in [6.07, 6.45) is 2.84. The molecule has 1 fully saturated rings. The molecule has 3 rings (SSSR count). The van der Waals surface area contributed by atoms with E-state index in [1.54, 1.807) is 18.4 Å². The van der Waals surface area contributed by atoms with Gasteiger partial charge in [-0.2, -0.15) is 4.39 Å². The second-order valence-corrected chi connectivity index (χ2v) is 7.33. The normalized spacial score (nSPS) is 14.7. The molecule has 0 bridgehead atoms. The summed E-state index contributed by atoms with van der Waals surface area (Å²) in [5.41, 5.74) is -0.949. The third kappa shape index (κ3) is 3.68. The molecule has 29 heavy (non-hydrogen) atoms. The van der Waals surface area contributed by atoms with Crippen LogP contribution in [-0.2, 0) is 9.53 Å². The maximum absolute atomic E-state index is 14.2. The van der Waals surface area contributed by atoms with Gasteiger partial charge in [-0.05, 0) is 24.8 Å². The van der Waals surface area contributed by atoms with E-state index in [1.165, 1.54) is 20.4 Å². The SMILES string of the molecule is COC(=O)[C@@H](NC(=O)c1cn(C2CC2)c2c(OC)c(F)c(F)cc2c1=O)C(C)C. The van der Waals surface area contributed by atoms with Crippen molar-refractivity contribution in [1.29, 1.82) is 0 Å². The van der Waals surface area contributed by atoms with Gasteiger partial charge >= 0.3 is 5.97 Å². The Kier molecular flexibility index (Phi) is 5.59. The van der Waals surface area contributed by atoms with E-state index in [1.807, 2.05) is 0 Å². The first-order chi connectivity index (χ1) is 13.7. The quantitative estimate of drug-likeness (QED) is 0.743. The molecule has 1 amide bonds. The number of rotatable bonds is 6. The number of amides is 1. The van der Waals surface area contributed by atoms with Gasteiger partial charge in [-0.15, -0.1) is 0 Å². The number of carbonyl (C=O) groups is 2. The minimum atomic E-state index is -1.25. The molecule has 0 aliphatic heterocycles. The number of ether oxygens (including phenoxy) is 2. The highest BCUT2D eigenvalue weighted by Crippen LogP contribution is 2.40. The largest absolute Gasteiger partial charge is 0.491 e. The molecule has 0 radical (unpaired) electrons. The molecule has 0 saturated heterocycles. The zero-order valence-corrected chi connectivity index (χ0v) is 16.5. The van der Waals surface area contributed by atoms with Gasteiger partial charge in [0.15, 0.2) is 11.6 Å². The van der Waals surface area contributed by atoms with Crippen LogP contribution in [0.1, 0.15) is 43.1 Å². The van der Waals surface area contributed by atoms with E-state index in [4.69, 9.17) is 9.47 Å². The molecule has 156 valence electrons. The number of aromatic nitrogens is 1. The van der Waals surface area contributed by atoms with Gasteiger partial charge in [-0.3, -0.25) is 9.59 Å². The van der Waals surface area contributed by atoms with Crippen LogP contribution in [-0.4, -0.2) is 36.7 Å². The van der Waals surface area contributed by atoms with Crippen LogP contribution < -0.4 is 15.5 Å². The van der Waals surface area contributed by atoms with Crippen molar-refractivity contribution in [1.82, 2.24) is 9.88 Å². The molecule has 1 N–H and O–H groups in total. The topological polar surface area (TPSA) is 86.6 Å². The Morgan fingerprint density at radius 1 is 1.24 bits per heavy atom. The summed E-state index contributed by atoms with van der Waals surface area (Å²) in [6.45, 7) is 3.43.